The van der Waals surface area contributed by atoms with Gasteiger partial charge in [0.25, 0.3) is 5.56 Å². The summed E-state index contributed by atoms with van der Waals surface area (Å²) >= 11 is 6.20. The van der Waals surface area contributed by atoms with E-state index in [1.54, 1.807) is 42.7 Å². The molecule has 2 heterocycles. The number of aromatic amines is 1. The molecule has 4 aromatic rings. The number of pyridine rings is 2. The van der Waals surface area contributed by atoms with Crippen molar-refractivity contribution < 1.29 is 4.79 Å². The predicted octanol–water partition coefficient (Wildman–Crippen LogP) is 5.45. The Morgan fingerprint density at radius 3 is 2.69 bits per heavy atom. The second-order valence-electron chi connectivity index (χ2n) is 6.69. The molecule has 0 saturated heterocycles. The molecule has 142 valence electrons. The van der Waals surface area contributed by atoms with Gasteiger partial charge < -0.3 is 4.98 Å². The van der Waals surface area contributed by atoms with Gasteiger partial charge >= 0.3 is 0 Å². The van der Waals surface area contributed by atoms with Gasteiger partial charge in [-0.1, -0.05) is 48.0 Å². The molecule has 5 heteroatoms. The van der Waals surface area contributed by atoms with Crippen molar-refractivity contribution in [3.63, 3.8) is 0 Å². The van der Waals surface area contributed by atoms with Crippen LogP contribution in [0.15, 0.2) is 77.9 Å². The maximum Gasteiger partial charge on any atom is 0.260 e. The van der Waals surface area contributed by atoms with Crippen LogP contribution in [0.5, 0.6) is 0 Å². The van der Waals surface area contributed by atoms with Crippen molar-refractivity contribution in [1.82, 2.24) is 9.97 Å². The smallest absolute Gasteiger partial charge is 0.260 e. The molecule has 2 aromatic carbocycles. The molecule has 1 N–H and O–H groups in total. The van der Waals surface area contributed by atoms with Gasteiger partial charge in [0, 0.05) is 39.4 Å². The minimum Gasteiger partial charge on any atom is -0.321 e. The van der Waals surface area contributed by atoms with Crippen molar-refractivity contribution in [3.8, 4) is 11.1 Å². The van der Waals surface area contributed by atoms with Crippen LogP contribution < -0.4 is 5.56 Å². The molecule has 0 aliphatic heterocycles. The van der Waals surface area contributed by atoms with Crippen LogP contribution in [0.1, 0.15) is 21.5 Å². The number of hydrogen-bond acceptors (Lipinski definition) is 3. The van der Waals surface area contributed by atoms with E-state index in [0.717, 1.165) is 11.1 Å². The average Bonchev–Trinajstić information content (AvgIpc) is 2.73. The van der Waals surface area contributed by atoms with Gasteiger partial charge in [-0.15, -0.1) is 0 Å². The number of rotatable bonds is 4. The van der Waals surface area contributed by atoms with E-state index in [4.69, 9.17) is 11.6 Å². The zero-order valence-corrected chi connectivity index (χ0v) is 16.4. The van der Waals surface area contributed by atoms with Gasteiger partial charge in [-0.05, 0) is 48.4 Å². The molecule has 4 nitrogen and oxygen atoms in total. The number of ketones is 1. The van der Waals surface area contributed by atoms with Crippen molar-refractivity contribution in [3.05, 3.63) is 105 Å². The van der Waals surface area contributed by atoms with E-state index in [1.165, 1.54) is 6.08 Å². The van der Waals surface area contributed by atoms with Crippen LogP contribution >= 0.6 is 11.6 Å². The number of halogens is 1. The highest BCUT2D eigenvalue weighted by atomic mass is 35.5. The van der Waals surface area contributed by atoms with Crippen molar-refractivity contribution >= 4 is 34.4 Å². The van der Waals surface area contributed by atoms with Crippen molar-refractivity contribution in [1.29, 1.82) is 0 Å². The van der Waals surface area contributed by atoms with E-state index >= 15 is 0 Å². The summed E-state index contributed by atoms with van der Waals surface area (Å²) in [5.41, 5.74) is 3.40. The largest absolute Gasteiger partial charge is 0.321 e. The van der Waals surface area contributed by atoms with Crippen molar-refractivity contribution in [2.24, 2.45) is 0 Å². The molecule has 0 spiro atoms. The molecule has 0 saturated carbocycles. The van der Waals surface area contributed by atoms with E-state index in [1.807, 2.05) is 37.3 Å². The number of carbonyl (C=O) groups excluding carboxylic acids is 1. The first-order valence-electron chi connectivity index (χ1n) is 9.08. The highest BCUT2D eigenvalue weighted by Gasteiger charge is 2.19. The first-order chi connectivity index (χ1) is 14.0. The molecule has 0 fully saturated rings. The first kappa shape index (κ1) is 18.8. The van der Waals surface area contributed by atoms with Gasteiger partial charge in [-0.2, -0.15) is 0 Å². The van der Waals surface area contributed by atoms with Crippen LogP contribution in [0.25, 0.3) is 28.1 Å². The second kappa shape index (κ2) is 7.86. The number of nitrogens with one attached hydrogen (secondary N) is 1. The molecule has 0 aliphatic carbocycles. The summed E-state index contributed by atoms with van der Waals surface area (Å²) < 4.78 is 0. The summed E-state index contributed by atoms with van der Waals surface area (Å²) in [5.74, 6) is -0.379. The van der Waals surface area contributed by atoms with Crippen LogP contribution in [0.2, 0.25) is 5.02 Å². The molecule has 4 rings (SSSR count). The number of benzene rings is 2. The number of aromatic nitrogens is 2. The molecular formula is C24H17ClN2O2. The van der Waals surface area contributed by atoms with Gasteiger partial charge in [0.05, 0.1) is 5.56 Å². The molecule has 0 amide bonds. The number of carbonyl (C=O) groups is 1. The van der Waals surface area contributed by atoms with Crippen molar-refractivity contribution in [2.75, 3.05) is 0 Å². The van der Waals surface area contributed by atoms with Crippen LogP contribution in [0.4, 0.5) is 0 Å². The lowest BCUT2D eigenvalue weighted by atomic mass is 9.94. The number of hydrogen-bond donors (Lipinski definition) is 1. The monoisotopic (exact) mass is 400 g/mol. The number of fused-ring (bicyclic) bond motifs is 1. The van der Waals surface area contributed by atoms with Crippen LogP contribution in [-0.2, 0) is 0 Å². The molecule has 0 atom stereocenters. The van der Waals surface area contributed by atoms with E-state index in [0.29, 0.717) is 27.1 Å². The van der Waals surface area contributed by atoms with Gasteiger partial charge in [0.2, 0.25) is 0 Å². The Kier molecular flexibility index (Phi) is 5.10. The van der Waals surface area contributed by atoms with Crippen LogP contribution in [0, 0.1) is 6.92 Å². The van der Waals surface area contributed by atoms with E-state index in [-0.39, 0.29) is 11.3 Å². The number of H-pyrrole nitrogens is 1. The molecule has 0 aliphatic rings. The zero-order chi connectivity index (χ0) is 20.4. The lowest BCUT2D eigenvalue weighted by Crippen LogP contribution is -2.18. The SMILES string of the molecule is Cc1ccccc1/C=C/C(=O)c1c(-c2cccnc2)c2cc(Cl)ccc2[nH]c1=O. The standard InChI is InChI=1S/C24H17ClN2O2/c1-15-5-2-3-6-16(15)8-11-21(28)23-22(17-7-4-12-26-14-17)19-13-18(25)9-10-20(19)27-24(23)29/h2-14H,1H3,(H,27,29)/b11-8+. The minimum atomic E-state index is -0.446. The summed E-state index contributed by atoms with van der Waals surface area (Å²) in [4.78, 5) is 32.9. The number of nitrogens with zero attached hydrogens (tertiary/aromatic N) is 1. The molecule has 0 radical (unpaired) electrons. The van der Waals surface area contributed by atoms with Gasteiger partial charge in [-0.3, -0.25) is 14.6 Å². The topological polar surface area (TPSA) is 62.8 Å². The van der Waals surface area contributed by atoms with Crippen molar-refractivity contribution in [2.45, 2.75) is 6.92 Å². The molecule has 0 unspecified atom stereocenters. The van der Waals surface area contributed by atoms with Gasteiger partial charge in [-0.25, -0.2) is 0 Å². The Morgan fingerprint density at radius 1 is 1.10 bits per heavy atom. The normalized spacial score (nSPS) is 11.2. The molecule has 29 heavy (non-hydrogen) atoms. The zero-order valence-electron chi connectivity index (χ0n) is 15.6. The Balaban J connectivity index is 1.94. The predicted molar refractivity (Wildman–Crippen MR) is 117 cm³/mol. The van der Waals surface area contributed by atoms with Crippen LogP contribution in [0.3, 0.4) is 0 Å². The average molecular weight is 401 g/mol. The van der Waals surface area contributed by atoms with Gasteiger partial charge in [0.1, 0.15) is 0 Å². The highest BCUT2D eigenvalue weighted by molar-refractivity contribution is 6.31. The highest BCUT2D eigenvalue weighted by Crippen LogP contribution is 2.31. The molecule has 0 bridgehead atoms. The third-order valence-electron chi connectivity index (χ3n) is 4.78. The Hall–Kier alpha value is -3.50. The Labute approximate surface area is 172 Å². The number of aryl methyl sites for hydroxylation is 1. The van der Waals surface area contributed by atoms with E-state index in [9.17, 15) is 9.59 Å². The maximum atomic E-state index is 13.1. The van der Waals surface area contributed by atoms with E-state index < -0.39 is 5.56 Å². The third-order valence-corrected chi connectivity index (χ3v) is 5.01. The summed E-state index contributed by atoms with van der Waals surface area (Å²) in [7, 11) is 0. The fraction of sp³-hybridized carbons (Fsp3) is 0.0417. The maximum absolute atomic E-state index is 13.1. The summed E-state index contributed by atoms with van der Waals surface area (Å²) in [5, 5.41) is 1.21. The first-order valence-corrected chi connectivity index (χ1v) is 9.46. The van der Waals surface area contributed by atoms with Gasteiger partial charge in [0.15, 0.2) is 5.78 Å². The second-order valence-corrected chi connectivity index (χ2v) is 7.13. The summed E-state index contributed by atoms with van der Waals surface area (Å²) in [6.07, 6.45) is 6.44. The number of allylic oxidation sites excluding steroid dienone is 1. The molecule has 2 aromatic heterocycles. The fourth-order valence-electron chi connectivity index (χ4n) is 3.33. The Bertz CT molecular complexity index is 1310. The Morgan fingerprint density at radius 2 is 1.93 bits per heavy atom. The van der Waals surface area contributed by atoms with E-state index in [2.05, 4.69) is 9.97 Å². The minimum absolute atomic E-state index is 0.0672. The fourth-order valence-corrected chi connectivity index (χ4v) is 3.51. The van der Waals surface area contributed by atoms with Crippen LogP contribution in [-0.4, -0.2) is 15.8 Å². The third kappa shape index (κ3) is 3.75. The molecular weight excluding hydrogens is 384 g/mol. The lowest BCUT2D eigenvalue weighted by Gasteiger charge is -2.11. The quantitative estimate of drug-likeness (QED) is 0.366. The lowest BCUT2D eigenvalue weighted by molar-refractivity contribution is 0.104. The summed E-state index contributed by atoms with van der Waals surface area (Å²) in [6.45, 7) is 1.97. The summed E-state index contributed by atoms with van der Waals surface area (Å²) in [6, 6.07) is 16.5.